The lowest BCUT2D eigenvalue weighted by Crippen LogP contribution is -2.35. The van der Waals surface area contributed by atoms with Crippen LogP contribution in [0.2, 0.25) is 0 Å². The Morgan fingerprint density at radius 1 is 1.29 bits per heavy atom. The second kappa shape index (κ2) is 6.35. The van der Waals surface area contributed by atoms with Gasteiger partial charge in [-0.2, -0.15) is 0 Å². The molecule has 3 heteroatoms. The van der Waals surface area contributed by atoms with E-state index in [1.165, 1.54) is 13.2 Å². The number of ether oxygens (including phenoxy) is 1. The first-order chi connectivity index (χ1) is 9.81. The number of rotatable bonds is 3. The third-order valence-electron chi connectivity index (χ3n) is 4.88. The minimum absolute atomic E-state index is 0.218. The van der Waals surface area contributed by atoms with Crippen LogP contribution in [0.15, 0.2) is 18.2 Å². The molecule has 1 aromatic rings. The molecule has 2 rings (SSSR count). The molecule has 0 heterocycles. The molecule has 0 bridgehead atoms. The molecule has 3 unspecified atom stereocenters. The molecule has 0 saturated heterocycles. The summed E-state index contributed by atoms with van der Waals surface area (Å²) in [5.41, 5.74) is 1.20. The molecule has 0 aromatic heterocycles. The summed E-state index contributed by atoms with van der Waals surface area (Å²) in [6.07, 6.45) is 3.41. The number of halogens is 1. The van der Waals surface area contributed by atoms with Gasteiger partial charge in [-0.1, -0.05) is 26.8 Å². The van der Waals surface area contributed by atoms with Gasteiger partial charge in [-0.15, -0.1) is 0 Å². The smallest absolute Gasteiger partial charge is 0.165 e. The number of aliphatic hydroxyl groups excluding tert-OH is 1. The van der Waals surface area contributed by atoms with Crippen molar-refractivity contribution >= 4 is 0 Å². The van der Waals surface area contributed by atoms with Crippen LogP contribution in [0.1, 0.15) is 45.6 Å². The Morgan fingerprint density at radius 3 is 2.57 bits per heavy atom. The van der Waals surface area contributed by atoms with Crippen LogP contribution in [-0.4, -0.2) is 18.3 Å². The number of methoxy groups -OCH3 is 1. The van der Waals surface area contributed by atoms with Crippen molar-refractivity contribution in [2.24, 2.45) is 17.3 Å². The average molecular weight is 294 g/mol. The van der Waals surface area contributed by atoms with E-state index in [-0.39, 0.29) is 29.0 Å². The van der Waals surface area contributed by atoms with Gasteiger partial charge in [0.15, 0.2) is 11.6 Å². The van der Waals surface area contributed by atoms with Crippen LogP contribution in [-0.2, 0) is 6.42 Å². The molecule has 0 spiro atoms. The van der Waals surface area contributed by atoms with E-state index >= 15 is 0 Å². The third-order valence-corrected chi connectivity index (χ3v) is 4.88. The van der Waals surface area contributed by atoms with Gasteiger partial charge in [0, 0.05) is 0 Å². The second-order valence-electron chi connectivity index (χ2n) is 7.38. The highest BCUT2D eigenvalue weighted by atomic mass is 19.1. The van der Waals surface area contributed by atoms with Gasteiger partial charge in [-0.05, 0) is 60.6 Å². The van der Waals surface area contributed by atoms with E-state index in [1.54, 1.807) is 6.07 Å². The fraction of sp³-hybridized carbons (Fsp3) is 0.667. The van der Waals surface area contributed by atoms with E-state index in [2.05, 4.69) is 20.8 Å². The summed E-state index contributed by atoms with van der Waals surface area (Å²) in [7, 11) is 1.47. The molecular formula is C18H27FO2. The van der Waals surface area contributed by atoms with Gasteiger partial charge in [0.1, 0.15) is 0 Å². The lowest BCUT2D eigenvalue weighted by molar-refractivity contribution is 0.0196. The van der Waals surface area contributed by atoms with Gasteiger partial charge in [-0.25, -0.2) is 4.39 Å². The molecule has 118 valence electrons. The van der Waals surface area contributed by atoms with E-state index in [4.69, 9.17) is 4.74 Å². The fourth-order valence-electron chi connectivity index (χ4n) is 3.39. The summed E-state index contributed by atoms with van der Waals surface area (Å²) in [4.78, 5) is 0. The Balaban J connectivity index is 2.08. The van der Waals surface area contributed by atoms with Crippen molar-refractivity contribution in [2.45, 2.75) is 52.6 Å². The Morgan fingerprint density at radius 2 is 2.00 bits per heavy atom. The van der Waals surface area contributed by atoms with E-state index in [9.17, 15) is 9.50 Å². The number of hydrogen-bond acceptors (Lipinski definition) is 2. The molecule has 3 atom stereocenters. The largest absolute Gasteiger partial charge is 0.494 e. The highest BCUT2D eigenvalue weighted by molar-refractivity contribution is 5.29. The highest BCUT2D eigenvalue weighted by Gasteiger charge is 2.35. The van der Waals surface area contributed by atoms with E-state index in [0.29, 0.717) is 5.92 Å². The van der Waals surface area contributed by atoms with Gasteiger partial charge in [0.05, 0.1) is 13.2 Å². The molecule has 1 aliphatic carbocycles. The molecule has 1 N–H and O–H groups in total. The molecule has 1 aliphatic rings. The quantitative estimate of drug-likeness (QED) is 0.905. The minimum Gasteiger partial charge on any atom is -0.494 e. The van der Waals surface area contributed by atoms with Crippen LogP contribution < -0.4 is 4.74 Å². The maximum absolute atomic E-state index is 13.8. The summed E-state index contributed by atoms with van der Waals surface area (Å²) in [5, 5.41) is 10.3. The SMILES string of the molecule is COc1ccc(CC2CC(C(C)(C)C)CCC2O)cc1F. The molecule has 1 fully saturated rings. The Bertz CT molecular complexity index is 479. The monoisotopic (exact) mass is 294 g/mol. The van der Waals surface area contributed by atoms with Crippen LogP contribution in [0.3, 0.4) is 0 Å². The Labute approximate surface area is 127 Å². The average Bonchev–Trinajstić information content (AvgIpc) is 2.40. The van der Waals surface area contributed by atoms with Gasteiger partial charge >= 0.3 is 0 Å². The Kier molecular flexibility index (Phi) is 4.92. The summed E-state index contributed by atoms with van der Waals surface area (Å²) >= 11 is 0. The lowest BCUT2D eigenvalue weighted by Gasteiger charge is -2.40. The first-order valence-corrected chi connectivity index (χ1v) is 7.81. The number of hydrogen-bond donors (Lipinski definition) is 1. The number of benzene rings is 1. The van der Waals surface area contributed by atoms with Crippen molar-refractivity contribution < 1.29 is 14.2 Å². The molecule has 0 radical (unpaired) electrons. The normalized spacial score (nSPS) is 26.7. The topological polar surface area (TPSA) is 29.5 Å². The van der Waals surface area contributed by atoms with Gasteiger partial charge in [0.25, 0.3) is 0 Å². The summed E-state index contributed by atoms with van der Waals surface area (Å²) in [6.45, 7) is 6.79. The van der Waals surface area contributed by atoms with Crippen LogP contribution in [0, 0.1) is 23.1 Å². The van der Waals surface area contributed by atoms with Crippen LogP contribution >= 0.6 is 0 Å². The summed E-state index contributed by atoms with van der Waals surface area (Å²) in [5.74, 6) is 0.785. The highest BCUT2D eigenvalue weighted by Crippen LogP contribution is 2.41. The molecule has 1 saturated carbocycles. The van der Waals surface area contributed by atoms with Crippen molar-refractivity contribution in [1.82, 2.24) is 0 Å². The van der Waals surface area contributed by atoms with Crippen molar-refractivity contribution in [3.63, 3.8) is 0 Å². The van der Waals surface area contributed by atoms with Crippen molar-refractivity contribution in [3.8, 4) is 5.75 Å². The van der Waals surface area contributed by atoms with Gasteiger partial charge in [0.2, 0.25) is 0 Å². The summed E-state index contributed by atoms with van der Waals surface area (Å²) in [6, 6.07) is 5.10. The predicted molar refractivity (Wildman–Crippen MR) is 82.9 cm³/mol. The predicted octanol–water partition coefficient (Wildman–Crippen LogP) is 4.20. The standard InChI is InChI=1S/C18H27FO2/c1-18(2,3)14-6-7-16(20)13(11-14)9-12-5-8-17(21-4)15(19)10-12/h5,8,10,13-14,16,20H,6-7,9,11H2,1-4H3. The molecule has 0 amide bonds. The van der Waals surface area contributed by atoms with Crippen LogP contribution in [0.4, 0.5) is 4.39 Å². The summed E-state index contributed by atoms with van der Waals surface area (Å²) < 4.78 is 18.7. The third kappa shape index (κ3) is 3.97. The molecule has 2 nitrogen and oxygen atoms in total. The molecule has 1 aromatic carbocycles. The second-order valence-corrected chi connectivity index (χ2v) is 7.38. The molecule has 0 aliphatic heterocycles. The zero-order chi connectivity index (χ0) is 15.6. The minimum atomic E-state index is -0.326. The molecule has 21 heavy (non-hydrogen) atoms. The first kappa shape index (κ1) is 16.3. The van der Waals surface area contributed by atoms with E-state index < -0.39 is 0 Å². The maximum atomic E-state index is 13.8. The zero-order valence-electron chi connectivity index (χ0n) is 13.5. The van der Waals surface area contributed by atoms with Gasteiger partial charge < -0.3 is 9.84 Å². The van der Waals surface area contributed by atoms with Crippen LogP contribution in [0.5, 0.6) is 5.75 Å². The first-order valence-electron chi connectivity index (χ1n) is 7.81. The van der Waals surface area contributed by atoms with E-state index in [0.717, 1.165) is 31.2 Å². The zero-order valence-corrected chi connectivity index (χ0v) is 13.5. The van der Waals surface area contributed by atoms with Crippen molar-refractivity contribution in [2.75, 3.05) is 7.11 Å². The van der Waals surface area contributed by atoms with Crippen molar-refractivity contribution in [1.29, 1.82) is 0 Å². The fourth-order valence-corrected chi connectivity index (χ4v) is 3.39. The van der Waals surface area contributed by atoms with Crippen LogP contribution in [0.25, 0.3) is 0 Å². The Hall–Kier alpha value is -1.09. The van der Waals surface area contributed by atoms with Gasteiger partial charge in [-0.3, -0.25) is 0 Å². The number of aliphatic hydroxyl groups is 1. The lowest BCUT2D eigenvalue weighted by atomic mass is 9.67. The van der Waals surface area contributed by atoms with Crippen molar-refractivity contribution in [3.05, 3.63) is 29.6 Å². The van der Waals surface area contributed by atoms with E-state index in [1.807, 2.05) is 6.07 Å². The maximum Gasteiger partial charge on any atom is 0.165 e. The molecular weight excluding hydrogens is 267 g/mol.